The summed E-state index contributed by atoms with van der Waals surface area (Å²) in [6.07, 6.45) is 1.58. The normalized spacial score (nSPS) is 11.4. The number of rotatable bonds is 4. The molecule has 1 heterocycles. The molecule has 6 nitrogen and oxygen atoms in total. The van der Waals surface area contributed by atoms with E-state index in [1.807, 2.05) is 13.0 Å². The topological polar surface area (TPSA) is 99.3 Å². The van der Waals surface area contributed by atoms with Gasteiger partial charge in [-0.1, -0.05) is 24.3 Å². The number of hydrogen-bond donors (Lipinski definition) is 1. The minimum atomic E-state index is -4.18. The van der Waals surface area contributed by atoms with E-state index in [2.05, 4.69) is 4.98 Å². The third-order valence-corrected chi connectivity index (χ3v) is 4.70. The molecule has 0 atom stereocenters. The Kier molecular flexibility index (Phi) is 3.94. The summed E-state index contributed by atoms with van der Waals surface area (Å²) in [4.78, 5) is 15.6. The molecule has 24 heavy (non-hydrogen) atoms. The monoisotopic (exact) mass is 342 g/mol. The first-order valence-corrected chi connectivity index (χ1v) is 8.48. The Morgan fingerprint density at radius 1 is 1.12 bits per heavy atom. The maximum Gasteiger partial charge on any atom is 0.341 e. The number of aryl methyl sites for hydroxylation is 1. The van der Waals surface area contributed by atoms with Crippen LogP contribution in [0.1, 0.15) is 15.9 Å². The molecule has 0 saturated carbocycles. The van der Waals surface area contributed by atoms with E-state index in [1.54, 1.807) is 30.5 Å². The Balaban J connectivity index is 2.11. The molecule has 0 aliphatic heterocycles. The molecular weight excluding hydrogens is 328 g/mol. The number of primary amides is 1. The summed E-state index contributed by atoms with van der Waals surface area (Å²) in [5.74, 6) is -0.887. The number of nitrogens with two attached hydrogens (primary N) is 1. The first-order chi connectivity index (χ1) is 11.4. The average molecular weight is 342 g/mol. The zero-order chi connectivity index (χ0) is 17.3. The number of carbonyl (C=O) groups excluding carboxylic acids is 1. The van der Waals surface area contributed by atoms with Crippen molar-refractivity contribution in [3.63, 3.8) is 0 Å². The smallest absolute Gasteiger partial charge is 0.341 e. The van der Waals surface area contributed by atoms with E-state index >= 15 is 0 Å². The molecule has 3 rings (SSSR count). The van der Waals surface area contributed by atoms with Crippen LogP contribution in [-0.4, -0.2) is 19.3 Å². The lowest BCUT2D eigenvalue weighted by molar-refractivity contribution is 0.0999. The zero-order valence-corrected chi connectivity index (χ0v) is 13.6. The van der Waals surface area contributed by atoms with Crippen molar-refractivity contribution in [1.29, 1.82) is 0 Å². The Hall–Kier alpha value is -2.93. The number of benzene rings is 2. The summed E-state index contributed by atoms with van der Waals surface area (Å²) >= 11 is 0. The number of amides is 1. The molecule has 122 valence electrons. The summed E-state index contributed by atoms with van der Waals surface area (Å²) in [7, 11) is -4.18. The van der Waals surface area contributed by atoms with E-state index in [0.29, 0.717) is 10.9 Å². The van der Waals surface area contributed by atoms with Crippen molar-refractivity contribution in [1.82, 2.24) is 4.98 Å². The molecule has 2 aromatic carbocycles. The lowest BCUT2D eigenvalue weighted by atomic mass is 10.2. The van der Waals surface area contributed by atoms with Gasteiger partial charge in [0.1, 0.15) is 4.90 Å². The first kappa shape index (κ1) is 15.9. The highest BCUT2D eigenvalue weighted by Gasteiger charge is 2.23. The van der Waals surface area contributed by atoms with Crippen LogP contribution in [0.3, 0.4) is 0 Å². The van der Waals surface area contributed by atoms with E-state index in [4.69, 9.17) is 9.92 Å². The molecule has 0 fully saturated rings. The lowest BCUT2D eigenvalue weighted by Gasteiger charge is -2.11. The number of para-hydroxylation sites is 2. The molecule has 7 heteroatoms. The van der Waals surface area contributed by atoms with Crippen LogP contribution in [0.5, 0.6) is 5.75 Å². The molecule has 0 unspecified atom stereocenters. The van der Waals surface area contributed by atoms with Crippen LogP contribution in [-0.2, 0) is 10.1 Å². The second-order valence-corrected chi connectivity index (χ2v) is 6.75. The second kappa shape index (κ2) is 5.93. The number of hydrogen-bond acceptors (Lipinski definition) is 5. The predicted molar refractivity (Wildman–Crippen MR) is 89.3 cm³/mol. The molecule has 0 aliphatic rings. The summed E-state index contributed by atoms with van der Waals surface area (Å²) in [5.41, 5.74) is 6.46. The van der Waals surface area contributed by atoms with Crippen molar-refractivity contribution in [2.75, 3.05) is 0 Å². The molecule has 3 aromatic rings. The van der Waals surface area contributed by atoms with Gasteiger partial charge in [0.15, 0.2) is 5.75 Å². The van der Waals surface area contributed by atoms with Crippen molar-refractivity contribution < 1.29 is 17.4 Å². The van der Waals surface area contributed by atoms with Crippen LogP contribution in [0, 0.1) is 6.92 Å². The van der Waals surface area contributed by atoms with Crippen LogP contribution >= 0.6 is 0 Å². The Morgan fingerprint density at radius 3 is 2.62 bits per heavy atom. The van der Waals surface area contributed by atoms with E-state index < -0.39 is 16.0 Å². The minimum absolute atomic E-state index is 0.00915. The predicted octanol–water partition coefficient (Wildman–Crippen LogP) is 2.41. The van der Waals surface area contributed by atoms with E-state index in [1.165, 1.54) is 18.2 Å². The van der Waals surface area contributed by atoms with Gasteiger partial charge < -0.3 is 9.92 Å². The fraction of sp³-hybridized carbons (Fsp3) is 0.0588. The summed E-state index contributed by atoms with van der Waals surface area (Å²) in [6, 6.07) is 12.5. The molecule has 0 saturated heterocycles. The Bertz CT molecular complexity index is 1050. The largest absolute Gasteiger partial charge is 0.378 e. The maximum absolute atomic E-state index is 12.7. The van der Waals surface area contributed by atoms with Gasteiger partial charge in [-0.2, -0.15) is 8.42 Å². The van der Waals surface area contributed by atoms with Gasteiger partial charge in [-0.05, 0) is 36.8 Å². The van der Waals surface area contributed by atoms with Gasteiger partial charge in [-0.25, -0.2) is 0 Å². The number of aromatic nitrogens is 1. The van der Waals surface area contributed by atoms with Gasteiger partial charge in [0.05, 0.1) is 11.1 Å². The van der Waals surface area contributed by atoms with E-state index in [-0.39, 0.29) is 16.2 Å². The second-order valence-electron chi connectivity index (χ2n) is 5.24. The zero-order valence-electron chi connectivity index (χ0n) is 12.8. The van der Waals surface area contributed by atoms with Gasteiger partial charge in [-0.3, -0.25) is 9.78 Å². The van der Waals surface area contributed by atoms with Gasteiger partial charge in [-0.15, -0.1) is 0 Å². The molecule has 0 bridgehead atoms. The fourth-order valence-electron chi connectivity index (χ4n) is 2.35. The van der Waals surface area contributed by atoms with E-state index in [0.717, 1.165) is 5.56 Å². The van der Waals surface area contributed by atoms with Gasteiger partial charge >= 0.3 is 10.1 Å². The molecule has 0 spiro atoms. The Morgan fingerprint density at radius 2 is 1.88 bits per heavy atom. The summed E-state index contributed by atoms with van der Waals surface area (Å²) < 4.78 is 30.5. The van der Waals surface area contributed by atoms with Crippen LogP contribution in [0.2, 0.25) is 0 Å². The molecule has 0 aliphatic carbocycles. The average Bonchev–Trinajstić information content (AvgIpc) is 2.54. The number of carbonyl (C=O) groups is 1. The van der Waals surface area contributed by atoms with Crippen molar-refractivity contribution in [2.45, 2.75) is 11.8 Å². The quantitative estimate of drug-likeness (QED) is 0.734. The molecule has 0 radical (unpaired) electrons. The van der Waals surface area contributed by atoms with Crippen LogP contribution in [0.25, 0.3) is 10.9 Å². The fourth-order valence-corrected chi connectivity index (χ4v) is 3.47. The van der Waals surface area contributed by atoms with Crippen molar-refractivity contribution in [3.05, 3.63) is 65.9 Å². The highest BCUT2D eigenvalue weighted by atomic mass is 32.2. The third-order valence-electron chi connectivity index (χ3n) is 3.43. The van der Waals surface area contributed by atoms with Crippen LogP contribution in [0.4, 0.5) is 0 Å². The number of nitrogens with zero attached hydrogens (tertiary/aromatic N) is 1. The minimum Gasteiger partial charge on any atom is -0.378 e. The lowest BCUT2D eigenvalue weighted by Crippen LogP contribution is -2.16. The molecular formula is C17H14N2O4S. The third kappa shape index (κ3) is 2.93. The molecule has 1 amide bonds. The first-order valence-electron chi connectivity index (χ1n) is 7.07. The number of pyridine rings is 1. The van der Waals surface area contributed by atoms with Crippen LogP contribution in [0.15, 0.2) is 59.6 Å². The maximum atomic E-state index is 12.7. The van der Waals surface area contributed by atoms with Crippen LogP contribution < -0.4 is 9.92 Å². The van der Waals surface area contributed by atoms with Crippen molar-refractivity contribution >= 4 is 26.9 Å². The highest BCUT2D eigenvalue weighted by molar-refractivity contribution is 7.87. The summed E-state index contributed by atoms with van der Waals surface area (Å²) in [6.45, 7) is 1.87. The highest BCUT2D eigenvalue weighted by Crippen LogP contribution is 2.27. The van der Waals surface area contributed by atoms with E-state index in [9.17, 15) is 13.2 Å². The molecule has 1 aromatic heterocycles. The number of fused-ring (bicyclic) bond motifs is 1. The summed E-state index contributed by atoms with van der Waals surface area (Å²) in [5, 5.41) is 0.683. The van der Waals surface area contributed by atoms with Gasteiger partial charge in [0.2, 0.25) is 0 Å². The van der Waals surface area contributed by atoms with Gasteiger partial charge in [0, 0.05) is 11.6 Å². The Labute approximate surface area is 139 Å². The van der Waals surface area contributed by atoms with Gasteiger partial charge in [0.25, 0.3) is 5.91 Å². The standard InChI is InChI=1S/C17H14N2O4S/c1-11-9-12-5-4-8-15(16(12)19-10-11)24(21,22)23-14-7-3-2-6-13(14)17(18)20/h2-10H,1H3,(H2,18,20). The van der Waals surface area contributed by atoms with Crippen molar-refractivity contribution in [2.24, 2.45) is 5.73 Å². The van der Waals surface area contributed by atoms with Crippen molar-refractivity contribution in [3.8, 4) is 5.75 Å². The SMILES string of the molecule is Cc1cnc2c(S(=O)(=O)Oc3ccccc3C(N)=O)cccc2c1. The molecule has 2 N–H and O–H groups in total.